The number of nitriles is 1. The van der Waals surface area contributed by atoms with Crippen LogP contribution in [0, 0.1) is 11.3 Å². The van der Waals surface area contributed by atoms with E-state index in [-0.39, 0.29) is 24.6 Å². The Morgan fingerprint density at radius 3 is 2.41 bits per heavy atom. The maximum Gasteiger partial charge on any atom is 0.258 e. The minimum atomic E-state index is -3.26. The Balaban J connectivity index is 1.83. The van der Waals surface area contributed by atoms with Gasteiger partial charge < -0.3 is 9.64 Å². The number of nitrogens with zero attached hydrogens (tertiary/aromatic N) is 3. The Hall–Kier alpha value is -3.05. The quantitative estimate of drug-likeness (QED) is 0.695. The van der Waals surface area contributed by atoms with E-state index in [9.17, 15) is 13.2 Å². The minimum Gasteiger partial charge on any atom is -0.494 e. The molecule has 0 aliphatic carbocycles. The molecule has 0 spiro atoms. The van der Waals surface area contributed by atoms with Crippen LogP contribution < -0.4 is 13.9 Å². The van der Waals surface area contributed by atoms with Crippen molar-refractivity contribution in [2.45, 2.75) is 19.8 Å². The second-order valence-corrected chi connectivity index (χ2v) is 8.59. The average Bonchev–Trinajstić information content (AvgIpc) is 3.08. The number of hydrogen-bond acceptors (Lipinski definition) is 5. The van der Waals surface area contributed by atoms with Gasteiger partial charge >= 0.3 is 0 Å². The number of carbonyl (C=O) groups is 1. The highest BCUT2D eigenvalue weighted by Gasteiger charge is 2.28. The summed E-state index contributed by atoms with van der Waals surface area (Å²) in [6.07, 6.45) is 0.797. The summed E-state index contributed by atoms with van der Waals surface area (Å²) < 4.78 is 31.0. The lowest BCUT2D eigenvalue weighted by Gasteiger charge is -2.23. The molecule has 152 valence electrons. The number of carbonyl (C=O) groups excluding carboxylic acids is 1. The van der Waals surface area contributed by atoms with E-state index in [1.54, 1.807) is 53.4 Å². The molecule has 29 heavy (non-hydrogen) atoms. The van der Waals surface area contributed by atoms with Gasteiger partial charge in [0.25, 0.3) is 5.91 Å². The van der Waals surface area contributed by atoms with Crippen molar-refractivity contribution in [2.75, 3.05) is 34.7 Å². The summed E-state index contributed by atoms with van der Waals surface area (Å²) in [5.41, 5.74) is 1.65. The van der Waals surface area contributed by atoms with E-state index in [4.69, 9.17) is 10.00 Å². The van der Waals surface area contributed by atoms with E-state index in [2.05, 4.69) is 6.07 Å². The molecule has 1 aliphatic rings. The summed E-state index contributed by atoms with van der Waals surface area (Å²) in [5, 5.41) is 8.96. The van der Waals surface area contributed by atoms with Gasteiger partial charge in [0.1, 0.15) is 5.75 Å². The molecule has 0 saturated carbocycles. The van der Waals surface area contributed by atoms with Gasteiger partial charge in [-0.3, -0.25) is 9.10 Å². The van der Waals surface area contributed by atoms with Gasteiger partial charge in [0.05, 0.1) is 30.5 Å². The predicted molar refractivity (Wildman–Crippen MR) is 112 cm³/mol. The van der Waals surface area contributed by atoms with Gasteiger partial charge in [-0.05, 0) is 61.9 Å². The van der Waals surface area contributed by atoms with Crippen LogP contribution in [-0.4, -0.2) is 39.8 Å². The monoisotopic (exact) mass is 413 g/mol. The molecule has 3 rings (SSSR count). The summed E-state index contributed by atoms with van der Waals surface area (Å²) in [5.74, 6) is 0.605. The van der Waals surface area contributed by atoms with Gasteiger partial charge in [-0.25, -0.2) is 8.42 Å². The van der Waals surface area contributed by atoms with Crippen molar-refractivity contribution in [3.63, 3.8) is 0 Å². The first-order valence-electron chi connectivity index (χ1n) is 9.48. The summed E-state index contributed by atoms with van der Waals surface area (Å²) in [7, 11) is -3.26. The van der Waals surface area contributed by atoms with E-state index in [0.29, 0.717) is 42.3 Å². The normalized spacial score (nSPS) is 15.0. The molecule has 0 N–H and O–H groups in total. The zero-order valence-corrected chi connectivity index (χ0v) is 17.1. The maximum absolute atomic E-state index is 13.1. The van der Waals surface area contributed by atoms with Gasteiger partial charge in [-0.15, -0.1) is 0 Å². The van der Waals surface area contributed by atoms with Gasteiger partial charge in [0, 0.05) is 24.3 Å². The van der Waals surface area contributed by atoms with Crippen molar-refractivity contribution >= 4 is 27.3 Å². The fourth-order valence-corrected chi connectivity index (χ4v) is 4.82. The first-order chi connectivity index (χ1) is 14.0. The Labute approximate surface area is 171 Å². The highest BCUT2D eigenvalue weighted by atomic mass is 32.2. The summed E-state index contributed by atoms with van der Waals surface area (Å²) >= 11 is 0. The number of benzene rings is 2. The summed E-state index contributed by atoms with van der Waals surface area (Å²) in [4.78, 5) is 14.6. The molecule has 1 amide bonds. The lowest BCUT2D eigenvalue weighted by Crippen LogP contribution is -2.32. The van der Waals surface area contributed by atoms with Crippen LogP contribution in [0.1, 0.15) is 30.1 Å². The molecule has 0 unspecified atom stereocenters. The summed E-state index contributed by atoms with van der Waals surface area (Å²) in [6.45, 7) is 3.16. The van der Waals surface area contributed by atoms with Crippen molar-refractivity contribution < 1.29 is 17.9 Å². The average molecular weight is 413 g/mol. The number of amides is 1. The van der Waals surface area contributed by atoms with Gasteiger partial charge in [0.2, 0.25) is 10.0 Å². The highest BCUT2D eigenvalue weighted by molar-refractivity contribution is 7.93. The van der Waals surface area contributed by atoms with E-state index < -0.39 is 10.0 Å². The van der Waals surface area contributed by atoms with Gasteiger partial charge in [-0.2, -0.15) is 5.26 Å². The van der Waals surface area contributed by atoms with Crippen molar-refractivity contribution in [3.8, 4) is 11.8 Å². The molecule has 1 saturated heterocycles. The van der Waals surface area contributed by atoms with Crippen LogP contribution in [0.4, 0.5) is 11.4 Å². The molecule has 0 atom stereocenters. The standard InChI is InChI=1S/C21H23N3O4S/c1-2-28-20-11-9-18(10-12-20)23(14-3-13-22)21(25)17-5-7-19(8-6-17)24-15-4-16-29(24,26)27/h5-12H,2-4,14-16H2,1H3. The van der Waals surface area contributed by atoms with Crippen LogP contribution in [0.5, 0.6) is 5.75 Å². The van der Waals surface area contributed by atoms with Crippen molar-refractivity contribution in [1.29, 1.82) is 5.26 Å². The molecule has 1 aliphatic heterocycles. The molecular weight excluding hydrogens is 390 g/mol. The second-order valence-electron chi connectivity index (χ2n) is 6.58. The number of anilines is 2. The first kappa shape index (κ1) is 20.7. The molecule has 0 aromatic heterocycles. The Bertz CT molecular complexity index is 996. The topological polar surface area (TPSA) is 90.7 Å². The van der Waals surface area contributed by atoms with Crippen LogP contribution in [0.25, 0.3) is 0 Å². The largest absolute Gasteiger partial charge is 0.494 e. The van der Waals surface area contributed by atoms with E-state index in [1.807, 2.05) is 6.92 Å². The highest BCUT2D eigenvalue weighted by Crippen LogP contribution is 2.26. The SMILES string of the molecule is CCOc1ccc(N(CCC#N)C(=O)c2ccc(N3CCCS3(=O)=O)cc2)cc1. The zero-order chi connectivity index (χ0) is 20.9. The molecule has 0 radical (unpaired) electrons. The van der Waals surface area contributed by atoms with Gasteiger partial charge in [0.15, 0.2) is 0 Å². The molecule has 1 heterocycles. The van der Waals surface area contributed by atoms with E-state index >= 15 is 0 Å². The van der Waals surface area contributed by atoms with E-state index in [1.165, 1.54) is 4.31 Å². The zero-order valence-electron chi connectivity index (χ0n) is 16.2. The molecule has 0 bridgehead atoms. The fraction of sp³-hybridized carbons (Fsp3) is 0.333. The first-order valence-corrected chi connectivity index (χ1v) is 11.1. The molecule has 2 aromatic carbocycles. The lowest BCUT2D eigenvalue weighted by atomic mass is 10.1. The minimum absolute atomic E-state index is 0.146. The number of rotatable bonds is 7. The van der Waals surface area contributed by atoms with Crippen molar-refractivity contribution in [3.05, 3.63) is 54.1 Å². The molecule has 7 nitrogen and oxygen atoms in total. The summed E-state index contributed by atoms with van der Waals surface area (Å²) in [6, 6.07) is 15.8. The number of hydrogen-bond donors (Lipinski definition) is 0. The van der Waals surface area contributed by atoms with Gasteiger partial charge in [-0.1, -0.05) is 0 Å². The van der Waals surface area contributed by atoms with E-state index in [0.717, 1.165) is 0 Å². The molecule has 2 aromatic rings. The van der Waals surface area contributed by atoms with Crippen LogP contribution in [0.15, 0.2) is 48.5 Å². The van der Waals surface area contributed by atoms with Crippen LogP contribution in [-0.2, 0) is 10.0 Å². The molecular formula is C21H23N3O4S. The molecule has 1 fully saturated rings. The maximum atomic E-state index is 13.1. The van der Waals surface area contributed by atoms with Crippen molar-refractivity contribution in [1.82, 2.24) is 0 Å². The predicted octanol–water partition coefficient (Wildman–Crippen LogP) is 3.19. The van der Waals surface area contributed by atoms with Crippen LogP contribution in [0.3, 0.4) is 0 Å². The van der Waals surface area contributed by atoms with Crippen LogP contribution in [0.2, 0.25) is 0 Å². The van der Waals surface area contributed by atoms with Crippen molar-refractivity contribution in [2.24, 2.45) is 0 Å². The molecule has 8 heteroatoms. The Morgan fingerprint density at radius 1 is 1.17 bits per heavy atom. The third-order valence-corrected chi connectivity index (χ3v) is 6.52. The lowest BCUT2D eigenvalue weighted by molar-refractivity contribution is 0.0987. The smallest absolute Gasteiger partial charge is 0.258 e. The van der Waals surface area contributed by atoms with Crippen LogP contribution >= 0.6 is 0 Å². The Kier molecular flexibility index (Phi) is 6.39. The third kappa shape index (κ3) is 4.69. The number of sulfonamides is 1. The fourth-order valence-electron chi connectivity index (χ4n) is 3.25. The number of ether oxygens (including phenoxy) is 1. The second kappa shape index (κ2) is 8.97. The third-order valence-electron chi connectivity index (χ3n) is 4.65. The Morgan fingerprint density at radius 2 is 1.86 bits per heavy atom.